The van der Waals surface area contributed by atoms with E-state index >= 15 is 0 Å². The number of hydrogen-bond acceptors (Lipinski definition) is 4. The van der Waals surface area contributed by atoms with Gasteiger partial charge < -0.3 is 15.2 Å². The maximum Gasteiger partial charge on any atom is 0.320 e. The Labute approximate surface area is 117 Å². The molecule has 0 saturated carbocycles. The molecule has 0 aromatic carbocycles. The van der Waals surface area contributed by atoms with Crippen LogP contribution in [0, 0.1) is 0 Å². The summed E-state index contributed by atoms with van der Waals surface area (Å²) in [6, 6.07) is 0.00446. The highest BCUT2D eigenvalue weighted by atomic mass is 16.5. The summed E-state index contributed by atoms with van der Waals surface area (Å²) in [5.74, 6) is -0.760. The van der Waals surface area contributed by atoms with Crippen molar-refractivity contribution in [3.63, 3.8) is 0 Å². The molecule has 0 rings (SSSR count). The van der Waals surface area contributed by atoms with E-state index in [4.69, 9.17) is 4.74 Å². The summed E-state index contributed by atoms with van der Waals surface area (Å²) in [6.45, 7) is 9.43. The van der Waals surface area contributed by atoms with Gasteiger partial charge in [-0.1, -0.05) is 13.8 Å². The van der Waals surface area contributed by atoms with E-state index in [1.165, 1.54) is 0 Å². The predicted octanol–water partition coefficient (Wildman–Crippen LogP) is 1.58. The molecule has 0 saturated heterocycles. The minimum atomic E-state index is -0.760. The minimum Gasteiger partial charge on any atom is -0.480 e. The summed E-state index contributed by atoms with van der Waals surface area (Å²) in [5.41, 5.74) is 0. The Kier molecular flexibility index (Phi) is 10.8. The van der Waals surface area contributed by atoms with Crippen molar-refractivity contribution in [2.75, 3.05) is 33.4 Å². The van der Waals surface area contributed by atoms with Crippen molar-refractivity contribution in [3.05, 3.63) is 0 Å². The first-order valence-corrected chi connectivity index (χ1v) is 7.25. The van der Waals surface area contributed by atoms with Crippen LogP contribution in [0.25, 0.3) is 0 Å². The number of carbonyl (C=O) groups is 1. The summed E-state index contributed by atoms with van der Waals surface area (Å²) in [6.07, 6.45) is 2.63. The molecule has 0 heterocycles. The fraction of sp³-hybridized carbons (Fsp3) is 0.929. The van der Waals surface area contributed by atoms with Crippen LogP contribution in [0.15, 0.2) is 0 Å². The van der Waals surface area contributed by atoms with Crippen molar-refractivity contribution in [2.45, 2.75) is 52.1 Å². The molecule has 2 unspecified atom stereocenters. The van der Waals surface area contributed by atoms with Gasteiger partial charge in [-0.25, -0.2) is 0 Å². The second kappa shape index (κ2) is 11.2. The van der Waals surface area contributed by atoms with E-state index in [1.54, 1.807) is 7.11 Å². The summed E-state index contributed by atoms with van der Waals surface area (Å²) in [4.78, 5) is 13.5. The molecule has 0 aliphatic rings. The number of carboxylic acid groups (broad SMARTS) is 1. The van der Waals surface area contributed by atoms with Gasteiger partial charge in [0.15, 0.2) is 0 Å². The van der Waals surface area contributed by atoms with Crippen molar-refractivity contribution in [1.29, 1.82) is 0 Å². The van der Waals surface area contributed by atoms with Gasteiger partial charge >= 0.3 is 5.97 Å². The summed E-state index contributed by atoms with van der Waals surface area (Å²) >= 11 is 0. The third kappa shape index (κ3) is 8.18. The van der Waals surface area contributed by atoms with Crippen LogP contribution in [0.5, 0.6) is 0 Å². The molecule has 0 fully saturated rings. The molecule has 0 aliphatic heterocycles. The molecule has 5 heteroatoms. The first kappa shape index (κ1) is 18.4. The van der Waals surface area contributed by atoms with Crippen LogP contribution in [0.3, 0.4) is 0 Å². The van der Waals surface area contributed by atoms with Crippen molar-refractivity contribution < 1.29 is 14.6 Å². The van der Waals surface area contributed by atoms with Crippen molar-refractivity contribution in [3.8, 4) is 0 Å². The van der Waals surface area contributed by atoms with Crippen LogP contribution in [-0.2, 0) is 9.53 Å². The fourth-order valence-electron chi connectivity index (χ4n) is 1.95. The lowest BCUT2D eigenvalue weighted by atomic mass is 10.1. The third-order valence-corrected chi connectivity index (χ3v) is 3.44. The van der Waals surface area contributed by atoms with E-state index in [0.29, 0.717) is 19.1 Å². The lowest BCUT2D eigenvalue weighted by Crippen LogP contribution is -2.43. The predicted molar refractivity (Wildman–Crippen MR) is 77.5 cm³/mol. The Morgan fingerprint density at radius 1 is 1.37 bits per heavy atom. The van der Waals surface area contributed by atoms with Crippen LogP contribution in [0.2, 0.25) is 0 Å². The number of methoxy groups -OCH3 is 1. The van der Waals surface area contributed by atoms with E-state index in [2.05, 4.69) is 24.1 Å². The maximum atomic E-state index is 11.2. The number of rotatable bonds is 12. The van der Waals surface area contributed by atoms with Crippen LogP contribution in [0.1, 0.15) is 40.0 Å². The highest BCUT2D eigenvalue weighted by molar-refractivity contribution is 5.73. The largest absolute Gasteiger partial charge is 0.480 e. The molecule has 0 amide bonds. The molecular formula is C14H30N2O3. The number of hydrogen-bond donors (Lipinski definition) is 2. The Morgan fingerprint density at radius 2 is 2.05 bits per heavy atom. The van der Waals surface area contributed by atoms with Gasteiger partial charge in [-0.15, -0.1) is 0 Å². The van der Waals surface area contributed by atoms with Gasteiger partial charge in [0, 0.05) is 26.2 Å². The smallest absolute Gasteiger partial charge is 0.320 e. The first-order chi connectivity index (χ1) is 9.06. The van der Waals surface area contributed by atoms with E-state index in [9.17, 15) is 9.90 Å². The molecule has 0 aliphatic carbocycles. The Hall–Kier alpha value is -0.650. The maximum absolute atomic E-state index is 11.2. The van der Waals surface area contributed by atoms with Crippen LogP contribution in [0.4, 0.5) is 0 Å². The fourth-order valence-corrected chi connectivity index (χ4v) is 1.95. The third-order valence-electron chi connectivity index (χ3n) is 3.44. The Bertz CT molecular complexity index is 237. The van der Waals surface area contributed by atoms with Gasteiger partial charge in [0.25, 0.3) is 0 Å². The van der Waals surface area contributed by atoms with Gasteiger partial charge in [-0.3, -0.25) is 9.69 Å². The molecule has 0 bridgehead atoms. The molecule has 0 radical (unpaired) electrons. The Morgan fingerprint density at radius 3 is 2.53 bits per heavy atom. The van der Waals surface area contributed by atoms with Crippen LogP contribution >= 0.6 is 0 Å². The number of aliphatic carboxylic acids is 1. The lowest BCUT2D eigenvalue weighted by molar-refractivity contribution is -0.139. The number of carboxylic acids is 1. The molecule has 5 nitrogen and oxygen atoms in total. The van der Waals surface area contributed by atoms with Gasteiger partial charge in [0.2, 0.25) is 0 Å². The van der Waals surface area contributed by atoms with E-state index in [1.807, 2.05) is 6.92 Å². The zero-order valence-electron chi connectivity index (χ0n) is 12.8. The van der Waals surface area contributed by atoms with Gasteiger partial charge in [0.05, 0.1) is 6.61 Å². The topological polar surface area (TPSA) is 61.8 Å². The molecular weight excluding hydrogens is 244 g/mol. The van der Waals surface area contributed by atoms with Crippen molar-refractivity contribution >= 4 is 5.97 Å². The zero-order chi connectivity index (χ0) is 14.7. The van der Waals surface area contributed by atoms with Crippen LogP contribution < -0.4 is 5.32 Å². The molecule has 2 N–H and O–H groups in total. The first-order valence-electron chi connectivity index (χ1n) is 7.25. The quantitative estimate of drug-likeness (QED) is 0.566. The summed E-state index contributed by atoms with van der Waals surface area (Å²) in [7, 11) is 1.69. The highest BCUT2D eigenvalue weighted by Gasteiger charge is 2.19. The summed E-state index contributed by atoms with van der Waals surface area (Å²) in [5, 5.41) is 12.3. The highest BCUT2D eigenvalue weighted by Crippen LogP contribution is 2.06. The second-order valence-electron chi connectivity index (χ2n) is 4.92. The number of nitrogens with zero attached hydrogens (tertiary/aromatic N) is 1. The molecule has 0 aromatic heterocycles. The lowest BCUT2D eigenvalue weighted by Gasteiger charge is -2.29. The monoisotopic (exact) mass is 274 g/mol. The van der Waals surface area contributed by atoms with Crippen LogP contribution in [-0.4, -0.2) is 61.4 Å². The molecule has 0 spiro atoms. The van der Waals surface area contributed by atoms with Crippen molar-refractivity contribution in [1.82, 2.24) is 10.2 Å². The zero-order valence-corrected chi connectivity index (χ0v) is 12.8. The molecule has 114 valence electrons. The van der Waals surface area contributed by atoms with Crippen molar-refractivity contribution in [2.24, 2.45) is 0 Å². The average Bonchev–Trinajstić information content (AvgIpc) is 2.40. The molecule has 0 aromatic rings. The number of nitrogens with one attached hydrogen (secondary N) is 1. The SMILES string of the molecule is CCCNC(CCN(CCOC)C(C)CC)C(=O)O. The summed E-state index contributed by atoms with van der Waals surface area (Å²) < 4.78 is 5.11. The van der Waals surface area contributed by atoms with Gasteiger partial charge in [0.1, 0.15) is 6.04 Å². The van der Waals surface area contributed by atoms with E-state index < -0.39 is 12.0 Å². The van der Waals surface area contributed by atoms with E-state index in [0.717, 1.165) is 32.5 Å². The Balaban J connectivity index is 4.27. The van der Waals surface area contributed by atoms with Gasteiger partial charge in [-0.2, -0.15) is 0 Å². The molecule has 2 atom stereocenters. The normalized spacial score (nSPS) is 14.6. The van der Waals surface area contributed by atoms with E-state index in [-0.39, 0.29) is 0 Å². The second-order valence-corrected chi connectivity index (χ2v) is 4.92. The molecule has 19 heavy (non-hydrogen) atoms. The standard InChI is InChI=1S/C14H30N2O3/c1-5-8-15-13(14(17)18)7-9-16(10-11-19-4)12(3)6-2/h12-13,15H,5-11H2,1-4H3,(H,17,18). The number of ether oxygens (including phenoxy) is 1. The average molecular weight is 274 g/mol. The van der Waals surface area contributed by atoms with Gasteiger partial charge in [-0.05, 0) is 32.7 Å². The minimum absolute atomic E-state index is 0.450.